The zero-order valence-electron chi connectivity index (χ0n) is 24.0. The summed E-state index contributed by atoms with van der Waals surface area (Å²) in [6.45, 7) is 4.53. The summed E-state index contributed by atoms with van der Waals surface area (Å²) in [5.41, 5.74) is -2.95. The molecule has 10 nitrogen and oxygen atoms in total. The molecule has 1 saturated carbocycles. The summed E-state index contributed by atoms with van der Waals surface area (Å²) in [5, 5.41) is 14.0. The van der Waals surface area contributed by atoms with Gasteiger partial charge in [-0.25, -0.2) is 8.78 Å². The van der Waals surface area contributed by atoms with Crippen molar-refractivity contribution >= 4 is 29.3 Å². The minimum Gasteiger partial charge on any atom is -0.473 e. The number of alkyl halides is 3. The molecule has 3 aliphatic rings. The number of fused-ring (bicyclic) bond motifs is 1. The van der Waals surface area contributed by atoms with Gasteiger partial charge in [0, 0.05) is 25.6 Å². The summed E-state index contributed by atoms with van der Waals surface area (Å²) in [6, 6.07) is -0.743. The van der Waals surface area contributed by atoms with Crippen LogP contribution < -0.4 is 15.4 Å². The largest absolute Gasteiger partial charge is 0.473 e. The Morgan fingerprint density at radius 3 is 2.44 bits per heavy atom. The molecule has 1 saturated heterocycles. The Hall–Kier alpha value is -3.96. The summed E-state index contributed by atoms with van der Waals surface area (Å²) in [7, 11) is 1.24. The van der Waals surface area contributed by atoms with Crippen LogP contribution in [-0.2, 0) is 19.2 Å². The number of halogens is 5. The fourth-order valence-electron chi connectivity index (χ4n) is 5.43. The van der Waals surface area contributed by atoms with Crippen molar-refractivity contribution in [1.82, 2.24) is 15.1 Å². The number of anilines is 1. The zero-order chi connectivity index (χ0) is 32.1. The first-order valence-corrected chi connectivity index (χ1v) is 13.7. The molecule has 15 heteroatoms. The number of nitrogens with zero attached hydrogens (tertiary/aromatic N) is 3. The lowest BCUT2D eigenvalue weighted by molar-refractivity contribution is -0.175. The molecule has 2 N–H and O–H groups in total. The third kappa shape index (κ3) is 6.83. The fraction of sp³-hybridized carbons (Fsp3) is 0.607. The van der Waals surface area contributed by atoms with Crippen LogP contribution in [0.5, 0.6) is 5.75 Å². The second-order valence-corrected chi connectivity index (χ2v) is 12.6. The standard InChI is InChI=1S/C28H32F5N5O5/c1-26(2,3)11-18(35-25(42)28(31,32)33)22(39)37(4)19(7-14-5-6-14)23(40)38-13-27(10-16(38)12-34)24(41)36-21-17(30)8-15(29)9-20(21)43-27/h8-9,14,16,18-19H,5-7,10-11,13H2,1-4H3,(H,35,42)(H,36,41)/t16-,18-,19-,27+/m0/s1. The molecule has 0 unspecified atom stereocenters. The van der Waals surface area contributed by atoms with Crippen LogP contribution in [0.2, 0.25) is 0 Å². The SMILES string of the molecule is CN(C(=O)[C@H](CC(C)(C)C)NC(=O)C(F)(F)F)[C@@H](CC1CC1)C(=O)N1C[C@@]2(C[C@H]1C#N)Oc1cc(F)cc(F)c1NC2=O. The molecule has 0 bridgehead atoms. The smallest absolute Gasteiger partial charge is 0.471 e. The maximum atomic E-state index is 14.3. The van der Waals surface area contributed by atoms with Gasteiger partial charge >= 0.3 is 12.1 Å². The van der Waals surface area contributed by atoms with E-state index in [2.05, 4.69) is 5.32 Å². The molecule has 0 aromatic heterocycles. The Labute approximate surface area is 244 Å². The van der Waals surface area contributed by atoms with E-state index in [1.54, 1.807) is 26.1 Å². The van der Waals surface area contributed by atoms with E-state index in [1.807, 2.05) is 6.07 Å². The van der Waals surface area contributed by atoms with Crippen LogP contribution >= 0.6 is 0 Å². The van der Waals surface area contributed by atoms with Gasteiger partial charge in [-0.1, -0.05) is 33.6 Å². The van der Waals surface area contributed by atoms with E-state index < -0.39 is 82.8 Å². The summed E-state index contributed by atoms with van der Waals surface area (Å²) in [4.78, 5) is 54.5. The number of nitrogens with one attached hydrogen (secondary N) is 2. The van der Waals surface area contributed by atoms with Crippen molar-refractivity contribution in [1.29, 1.82) is 5.26 Å². The Kier molecular flexibility index (Phi) is 8.38. The first-order chi connectivity index (χ1) is 19.8. The molecule has 43 heavy (non-hydrogen) atoms. The van der Waals surface area contributed by atoms with Crippen LogP contribution in [0.15, 0.2) is 12.1 Å². The van der Waals surface area contributed by atoms with Crippen LogP contribution in [0.3, 0.4) is 0 Å². The molecule has 234 valence electrons. The number of rotatable bonds is 7. The van der Waals surface area contributed by atoms with Crippen LogP contribution in [0.25, 0.3) is 0 Å². The van der Waals surface area contributed by atoms with Crippen LogP contribution in [0, 0.1) is 34.3 Å². The number of likely N-dealkylation sites (N-methyl/N-ethyl adjacent to an activating group) is 1. The van der Waals surface area contributed by atoms with Gasteiger partial charge in [-0.05, 0) is 24.2 Å². The van der Waals surface area contributed by atoms with E-state index in [9.17, 15) is 46.4 Å². The molecule has 4 amide bonds. The highest BCUT2D eigenvalue weighted by atomic mass is 19.4. The van der Waals surface area contributed by atoms with Crippen molar-refractivity contribution in [2.45, 2.75) is 82.8 Å². The summed E-state index contributed by atoms with van der Waals surface area (Å²) < 4.78 is 73.2. The number of carbonyl (C=O) groups excluding carboxylic acids is 4. The van der Waals surface area contributed by atoms with Crippen LogP contribution in [-0.4, -0.2) is 76.9 Å². The average Bonchev–Trinajstić information content (AvgIpc) is 3.64. The zero-order valence-corrected chi connectivity index (χ0v) is 24.0. The number of likely N-dealkylation sites (tertiary alicyclic amines) is 1. The number of amides is 4. The quantitative estimate of drug-likeness (QED) is 0.454. The molecule has 4 rings (SSSR count). The Balaban J connectivity index is 1.62. The predicted molar refractivity (Wildman–Crippen MR) is 140 cm³/mol. The lowest BCUT2D eigenvalue weighted by Crippen LogP contribution is -2.58. The molecule has 2 heterocycles. The Morgan fingerprint density at radius 2 is 1.88 bits per heavy atom. The lowest BCUT2D eigenvalue weighted by Gasteiger charge is -2.36. The Bertz CT molecular complexity index is 1370. The maximum Gasteiger partial charge on any atom is 0.471 e. The van der Waals surface area contributed by atoms with Gasteiger partial charge in [-0.2, -0.15) is 18.4 Å². The molecule has 4 atom stereocenters. The van der Waals surface area contributed by atoms with E-state index in [-0.39, 0.29) is 30.9 Å². The van der Waals surface area contributed by atoms with E-state index in [1.165, 1.54) is 7.05 Å². The van der Waals surface area contributed by atoms with Crippen molar-refractivity contribution in [3.63, 3.8) is 0 Å². The third-order valence-electron chi connectivity index (χ3n) is 7.76. The monoisotopic (exact) mass is 613 g/mol. The van der Waals surface area contributed by atoms with Gasteiger partial charge in [0.05, 0.1) is 12.6 Å². The van der Waals surface area contributed by atoms with Crippen molar-refractivity contribution < 1.29 is 45.9 Å². The molecule has 2 fully saturated rings. The summed E-state index contributed by atoms with van der Waals surface area (Å²) in [6.07, 6.45) is -4.14. The molecule has 1 spiro atoms. The highest BCUT2D eigenvalue weighted by Crippen LogP contribution is 2.43. The van der Waals surface area contributed by atoms with Gasteiger partial charge in [0.15, 0.2) is 11.6 Å². The normalized spacial score (nSPS) is 23.0. The highest BCUT2D eigenvalue weighted by Gasteiger charge is 2.57. The highest BCUT2D eigenvalue weighted by molar-refractivity contribution is 6.02. The lowest BCUT2D eigenvalue weighted by atomic mass is 9.87. The van der Waals surface area contributed by atoms with Gasteiger partial charge in [0.25, 0.3) is 5.91 Å². The van der Waals surface area contributed by atoms with E-state index in [4.69, 9.17) is 4.74 Å². The van der Waals surface area contributed by atoms with Gasteiger partial charge in [-0.15, -0.1) is 0 Å². The summed E-state index contributed by atoms with van der Waals surface area (Å²) >= 11 is 0. The fourth-order valence-corrected chi connectivity index (χ4v) is 5.43. The van der Waals surface area contributed by atoms with E-state index >= 15 is 0 Å². The van der Waals surface area contributed by atoms with Crippen LogP contribution in [0.4, 0.5) is 27.6 Å². The predicted octanol–water partition coefficient (Wildman–Crippen LogP) is 3.27. The molecular formula is C28H32F5N5O5. The van der Waals surface area contributed by atoms with E-state index in [0.717, 1.165) is 28.7 Å². The van der Waals surface area contributed by atoms with Crippen molar-refractivity contribution in [3.8, 4) is 11.8 Å². The average molecular weight is 614 g/mol. The number of nitriles is 1. The van der Waals surface area contributed by atoms with E-state index in [0.29, 0.717) is 6.07 Å². The molecule has 1 aromatic carbocycles. The van der Waals surface area contributed by atoms with Gasteiger partial charge in [0.1, 0.15) is 29.6 Å². The number of ether oxygens (including phenoxy) is 1. The first-order valence-electron chi connectivity index (χ1n) is 13.7. The molecule has 1 aliphatic carbocycles. The number of benzene rings is 1. The molecule has 1 aromatic rings. The Morgan fingerprint density at radius 1 is 1.23 bits per heavy atom. The van der Waals surface area contributed by atoms with Gasteiger partial charge in [0.2, 0.25) is 17.4 Å². The molecule has 2 aliphatic heterocycles. The van der Waals surface area contributed by atoms with Crippen molar-refractivity contribution in [3.05, 3.63) is 23.8 Å². The maximum absolute atomic E-state index is 14.3. The number of carbonyl (C=O) groups is 4. The number of hydrogen-bond acceptors (Lipinski definition) is 6. The number of hydrogen-bond donors (Lipinski definition) is 2. The second-order valence-electron chi connectivity index (χ2n) is 12.6. The molecule has 0 radical (unpaired) electrons. The van der Waals surface area contributed by atoms with Crippen LogP contribution in [0.1, 0.15) is 52.9 Å². The van der Waals surface area contributed by atoms with Gasteiger partial charge < -0.3 is 25.2 Å². The second kappa shape index (κ2) is 11.3. The topological polar surface area (TPSA) is 132 Å². The van der Waals surface area contributed by atoms with Gasteiger partial charge in [-0.3, -0.25) is 19.2 Å². The minimum absolute atomic E-state index is 0.0270. The molecular weight excluding hydrogens is 581 g/mol. The minimum atomic E-state index is -5.24. The first kappa shape index (κ1) is 32.0. The summed E-state index contributed by atoms with van der Waals surface area (Å²) in [5.74, 6) is -7.19. The van der Waals surface area contributed by atoms with Crippen molar-refractivity contribution in [2.24, 2.45) is 11.3 Å². The van der Waals surface area contributed by atoms with Crippen molar-refractivity contribution in [2.75, 3.05) is 18.9 Å². The third-order valence-corrected chi connectivity index (χ3v) is 7.76.